The summed E-state index contributed by atoms with van der Waals surface area (Å²) in [5, 5.41) is 10.2. The highest BCUT2D eigenvalue weighted by Crippen LogP contribution is 2.34. The summed E-state index contributed by atoms with van der Waals surface area (Å²) >= 11 is 6.53. The van der Waals surface area contributed by atoms with Crippen LogP contribution < -0.4 is 20.7 Å². The number of rotatable bonds is 15. The quantitative estimate of drug-likeness (QED) is 0.0982. The van der Waals surface area contributed by atoms with Crippen molar-refractivity contribution in [2.75, 3.05) is 38.1 Å². The molecule has 5 amide bonds. The molecule has 14 nitrogen and oxygen atoms in total. The van der Waals surface area contributed by atoms with E-state index >= 15 is 0 Å². The number of likely N-dealkylation sites (tertiary alicyclic amines) is 1. The largest absolute Gasteiger partial charge is 0.483 e. The molecule has 2 fully saturated rings. The number of unbranched alkanes of at least 4 members (excludes halogenated alkanes) is 4. The van der Waals surface area contributed by atoms with Crippen LogP contribution in [0.5, 0.6) is 5.75 Å². The molecule has 2 saturated heterocycles. The van der Waals surface area contributed by atoms with Gasteiger partial charge in [0.15, 0.2) is 6.61 Å². The van der Waals surface area contributed by atoms with Gasteiger partial charge in [-0.25, -0.2) is 9.97 Å². The molecule has 15 heteroatoms. The highest BCUT2D eigenvalue weighted by molar-refractivity contribution is 6.33. The van der Waals surface area contributed by atoms with Gasteiger partial charge in [0.05, 0.1) is 28.0 Å². The molecule has 0 aliphatic carbocycles. The normalized spacial score (nSPS) is 18.9. The van der Waals surface area contributed by atoms with Crippen molar-refractivity contribution < 1.29 is 28.7 Å². The Labute approximate surface area is 317 Å². The van der Waals surface area contributed by atoms with Crippen molar-refractivity contribution >= 4 is 58.0 Å². The van der Waals surface area contributed by atoms with Crippen molar-refractivity contribution in [3.63, 3.8) is 0 Å². The maximum Gasteiger partial charge on any atom is 0.266 e. The van der Waals surface area contributed by atoms with E-state index in [1.165, 1.54) is 12.1 Å². The van der Waals surface area contributed by atoms with Crippen molar-refractivity contribution in [2.45, 2.75) is 69.9 Å². The molecule has 2 aromatic carbocycles. The first-order chi connectivity index (χ1) is 26.3. The number of nitrogens with one attached hydrogen (secondary N) is 4. The van der Waals surface area contributed by atoms with Crippen LogP contribution >= 0.6 is 11.6 Å². The summed E-state index contributed by atoms with van der Waals surface area (Å²) in [5.41, 5.74) is 2.81. The third-order valence-corrected chi connectivity index (χ3v) is 10.5. The number of ether oxygens (including phenoxy) is 1. The number of nitrogens with zero attached hydrogens (tertiary/aromatic N) is 4. The van der Waals surface area contributed by atoms with Gasteiger partial charge in [-0.15, -0.1) is 0 Å². The third-order valence-electron chi connectivity index (χ3n) is 10.2. The first-order valence-corrected chi connectivity index (χ1v) is 19.0. The number of halogens is 1. The van der Waals surface area contributed by atoms with E-state index in [4.69, 9.17) is 21.3 Å². The van der Waals surface area contributed by atoms with Crippen LogP contribution in [0.4, 0.5) is 5.95 Å². The van der Waals surface area contributed by atoms with Crippen molar-refractivity contribution in [1.82, 2.24) is 35.4 Å². The number of anilines is 1. The summed E-state index contributed by atoms with van der Waals surface area (Å²) in [6.07, 6.45) is 10.9. The minimum Gasteiger partial charge on any atom is -0.483 e. The maximum absolute atomic E-state index is 13.2. The van der Waals surface area contributed by atoms with Gasteiger partial charge in [-0.1, -0.05) is 55.1 Å². The van der Waals surface area contributed by atoms with Crippen molar-refractivity contribution in [2.24, 2.45) is 0 Å². The van der Waals surface area contributed by atoms with Gasteiger partial charge < -0.3 is 25.3 Å². The lowest BCUT2D eigenvalue weighted by atomic mass is 10.0. The standard InChI is InChI=1S/C39H43ClN8O6/c40-28-21-43-39(46-35(28)27-20-42-29-13-5-4-11-25(27)29)44-24-10-9-19-47(22-24)18-7-3-1-2-6-17-41-33(50)23-54-31-14-8-12-26-34(31)38(53)48(37(26)52)30-15-16-32(49)45-36(30)51/h4-5,8,11-14,20-21,24,30,42H,1-3,6-7,9-10,15-19,22-23H2,(H,41,50)(H,43,44,46)(H,45,49,51). The van der Waals surface area contributed by atoms with Crippen molar-refractivity contribution in [3.8, 4) is 17.0 Å². The van der Waals surface area contributed by atoms with Crippen LogP contribution in [0, 0.1) is 0 Å². The molecule has 0 saturated carbocycles. The molecule has 0 spiro atoms. The molecule has 3 aliphatic heterocycles. The minimum absolute atomic E-state index is 0.0165. The molecule has 4 aromatic rings. The zero-order valence-corrected chi connectivity index (χ0v) is 30.6. The number of aromatic nitrogens is 3. The number of H-pyrrole nitrogens is 1. The van der Waals surface area contributed by atoms with E-state index in [2.05, 4.69) is 36.9 Å². The number of aromatic amines is 1. The number of hydrogen-bond donors (Lipinski definition) is 4. The van der Waals surface area contributed by atoms with Gasteiger partial charge >= 0.3 is 0 Å². The number of para-hydroxylation sites is 1. The van der Waals surface area contributed by atoms with Crippen LogP contribution in [0.2, 0.25) is 5.02 Å². The zero-order valence-electron chi connectivity index (χ0n) is 29.9. The number of amides is 5. The Morgan fingerprint density at radius 1 is 0.963 bits per heavy atom. The number of fused-ring (bicyclic) bond motifs is 2. The van der Waals surface area contributed by atoms with Crippen LogP contribution in [0.3, 0.4) is 0 Å². The Balaban J connectivity index is 0.784. The molecule has 4 N–H and O–H groups in total. The van der Waals surface area contributed by atoms with Crippen LogP contribution in [0.15, 0.2) is 54.9 Å². The Kier molecular flexibility index (Phi) is 11.5. The molecule has 7 rings (SSSR count). The SMILES string of the molecule is O=C(COc1cccc2c1C(=O)N(C1CCC(=O)NC1=O)C2=O)NCCCCCCCN1CCCC(Nc2ncc(Cl)c(-c3c[nH]c4ccccc34)n2)C1. The van der Waals surface area contributed by atoms with Crippen LogP contribution in [-0.2, 0) is 14.4 Å². The minimum atomic E-state index is -1.08. The molecular weight excluding hydrogens is 712 g/mol. The number of hydrogen-bond acceptors (Lipinski definition) is 10. The summed E-state index contributed by atoms with van der Waals surface area (Å²) in [5.74, 6) is -2.09. The molecule has 3 aliphatic rings. The van der Waals surface area contributed by atoms with E-state index in [0.717, 1.165) is 85.9 Å². The van der Waals surface area contributed by atoms with Gasteiger partial charge in [-0.3, -0.25) is 34.2 Å². The second kappa shape index (κ2) is 16.8. The lowest BCUT2D eigenvalue weighted by molar-refractivity contribution is -0.136. The highest BCUT2D eigenvalue weighted by atomic mass is 35.5. The van der Waals surface area contributed by atoms with Crippen LogP contribution in [0.1, 0.15) is 78.5 Å². The van der Waals surface area contributed by atoms with E-state index in [1.807, 2.05) is 24.4 Å². The number of imide groups is 2. The number of benzene rings is 2. The van der Waals surface area contributed by atoms with Gasteiger partial charge in [0.1, 0.15) is 11.8 Å². The molecule has 0 radical (unpaired) electrons. The van der Waals surface area contributed by atoms with E-state index in [0.29, 0.717) is 23.2 Å². The van der Waals surface area contributed by atoms with Gasteiger partial charge in [0.2, 0.25) is 17.8 Å². The molecule has 2 aromatic heterocycles. The van der Waals surface area contributed by atoms with Gasteiger partial charge in [-0.2, -0.15) is 0 Å². The molecular formula is C39H43ClN8O6. The van der Waals surface area contributed by atoms with E-state index in [1.54, 1.807) is 12.3 Å². The van der Waals surface area contributed by atoms with Gasteiger partial charge in [0, 0.05) is 48.2 Å². The molecule has 2 unspecified atom stereocenters. The van der Waals surface area contributed by atoms with Crippen molar-refractivity contribution in [1.29, 1.82) is 0 Å². The fourth-order valence-corrected chi connectivity index (χ4v) is 7.66. The monoisotopic (exact) mass is 754 g/mol. The lowest BCUT2D eigenvalue weighted by Crippen LogP contribution is -2.54. The van der Waals surface area contributed by atoms with Gasteiger partial charge in [-0.05, 0) is 63.4 Å². The average molecular weight is 755 g/mol. The predicted molar refractivity (Wildman–Crippen MR) is 202 cm³/mol. The van der Waals surface area contributed by atoms with Crippen LogP contribution in [0.25, 0.3) is 22.2 Å². The first kappa shape index (κ1) is 37.0. The average Bonchev–Trinajstić information content (AvgIpc) is 3.71. The first-order valence-electron chi connectivity index (χ1n) is 18.6. The maximum atomic E-state index is 13.2. The fraction of sp³-hybridized carbons (Fsp3) is 0.410. The zero-order chi connectivity index (χ0) is 37.6. The Morgan fingerprint density at radius 2 is 1.80 bits per heavy atom. The predicted octanol–water partition coefficient (Wildman–Crippen LogP) is 4.70. The second-order valence-corrected chi connectivity index (χ2v) is 14.4. The fourth-order valence-electron chi connectivity index (χ4n) is 7.47. The topological polar surface area (TPSA) is 179 Å². The highest BCUT2D eigenvalue weighted by Gasteiger charge is 2.46. The Morgan fingerprint density at radius 3 is 2.67 bits per heavy atom. The molecule has 2 atom stereocenters. The van der Waals surface area contributed by atoms with E-state index in [9.17, 15) is 24.0 Å². The molecule has 282 valence electrons. The smallest absolute Gasteiger partial charge is 0.266 e. The van der Waals surface area contributed by atoms with Gasteiger partial charge in [0.25, 0.3) is 17.7 Å². The summed E-state index contributed by atoms with van der Waals surface area (Å²) in [6.45, 7) is 3.21. The lowest BCUT2D eigenvalue weighted by Gasteiger charge is -2.33. The van der Waals surface area contributed by atoms with E-state index < -0.39 is 29.7 Å². The molecule has 54 heavy (non-hydrogen) atoms. The number of piperidine rings is 2. The summed E-state index contributed by atoms with van der Waals surface area (Å²) in [4.78, 5) is 78.6. The molecule has 5 heterocycles. The van der Waals surface area contributed by atoms with E-state index in [-0.39, 0.29) is 48.3 Å². The second-order valence-electron chi connectivity index (χ2n) is 14.0. The van der Waals surface area contributed by atoms with Crippen molar-refractivity contribution in [3.05, 3.63) is 71.0 Å². The number of carbonyl (C=O) groups is 5. The Bertz CT molecular complexity index is 2070. The summed E-state index contributed by atoms with van der Waals surface area (Å²) in [7, 11) is 0. The number of carbonyl (C=O) groups excluding carboxylic acids is 5. The summed E-state index contributed by atoms with van der Waals surface area (Å²) < 4.78 is 5.67. The van der Waals surface area contributed by atoms with Crippen LogP contribution in [-0.4, -0.2) is 99.2 Å². The molecule has 0 bridgehead atoms. The summed E-state index contributed by atoms with van der Waals surface area (Å²) in [6, 6.07) is 11.8. The Hall–Kier alpha value is -5.34. The third kappa shape index (κ3) is 8.24.